The van der Waals surface area contributed by atoms with Crippen molar-refractivity contribution in [1.82, 2.24) is 0 Å². The molecule has 0 aromatic carbocycles. The van der Waals surface area contributed by atoms with Crippen LogP contribution in [0.5, 0.6) is 0 Å². The van der Waals surface area contributed by atoms with Crippen LogP contribution < -0.4 is 0 Å². The predicted octanol–water partition coefficient (Wildman–Crippen LogP) is 6.25. The minimum absolute atomic E-state index is 0.407. The zero-order valence-corrected chi connectivity index (χ0v) is 19.3. The molecule has 2 heteroatoms. The first-order chi connectivity index (χ1) is 10.1. The second-order valence-electron chi connectivity index (χ2n) is 8.40. The van der Waals surface area contributed by atoms with Gasteiger partial charge in [-0.05, 0) is 0 Å². The van der Waals surface area contributed by atoms with E-state index in [0.29, 0.717) is 18.1 Å². The van der Waals surface area contributed by atoms with Gasteiger partial charge in [-0.15, -0.1) is 0 Å². The van der Waals surface area contributed by atoms with Crippen molar-refractivity contribution >= 4 is 5.92 Å². The first-order valence-electron chi connectivity index (χ1n) is 8.81. The first-order valence-corrected chi connectivity index (χ1v) is 18.4. The Morgan fingerprint density at radius 1 is 0.818 bits per heavy atom. The summed E-state index contributed by atoms with van der Waals surface area (Å²) in [5.41, 5.74) is 3.13. The molecule has 0 aromatic rings. The molecule has 0 spiro atoms. The van der Waals surface area contributed by atoms with Gasteiger partial charge in [0.05, 0.1) is 0 Å². The fraction of sp³-hybridized carbons (Fsp3) is 0.600. The third-order valence-electron chi connectivity index (χ3n) is 5.25. The van der Waals surface area contributed by atoms with E-state index in [4.69, 9.17) is 0 Å². The zero-order valence-electron chi connectivity index (χ0n) is 15.7. The summed E-state index contributed by atoms with van der Waals surface area (Å²) in [5.74, 6) is 0.677. The van der Waals surface area contributed by atoms with Gasteiger partial charge in [-0.25, -0.2) is 0 Å². The molecule has 0 N–H and O–H groups in total. The molecular formula is C20H33SiZr. The second-order valence-corrected chi connectivity index (χ2v) is 30.0. The number of allylic oxidation sites excluding steroid dienone is 8. The molecule has 22 heavy (non-hydrogen) atoms. The fourth-order valence-electron chi connectivity index (χ4n) is 4.30. The molecule has 0 amide bonds. The van der Waals surface area contributed by atoms with E-state index in [-0.39, 0.29) is 0 Å². The monoisotopic (exact) mass is 391 g/mol. The van der Waals surface area contributed by atoms with Crippen LogP contribution in [0.3, 0.4) is 0 Å². The normalized spacial score (nSPS) is 30.7. The molecule has 0 heterocycles. The summed E-state index contributed by atoms with van der Waals surface area (Å²) >= 11 is -1.70. The molecule has 0 aliphatic heterocycles. The molecule has 0 radical (unpaired) electrons. The summed E-state index contributed by atoms with van der Waals surface area (Å²) in [4.78, 5) is 0. The predicted molar refractivity (Wildman–Crippen MR) is 99.7 cm³/mol. The van der Waals surface area contributed by atoms with Gasteiger partial charge < -0.3 is 0 Å². The quantitative estimate of drug-likeness (QED) is 0.485. The summed E-state index contributed by atoms with van der Waals surface area (Å²) in [6.45, 7) is 19.6. The Balaban J connectivity index is 2.42. The van der Waals surface area contributed by atoms with Crippen molar-refractivity contribution in [2.24, 2.45) is 11.8 Å². The van der Waals surface area contributed by atoms with E-state index >= 15 is 0 Å². The van der Waals surface area contributed by atoms with Gasteiger partial charge in [-0.1, -0.05) is 0 Å². The van der Waals surface area contributed by atoms with Gasteiger partial charge in [0.15, 0.2) is 0 Å². The summed E-state index contributed by atoms with van der Waals surface area (Å²) in [5, 5.41) is 0. The standard InChI is InChI=1S/2C9H13.C2H7Si.Zr/c2*1-7(2)9-5-4-8(3)6-9;1-3-2;/h2*4-7H,1-3H3;3H,1-2H3;. The van der Waals surface area contributed by atoms with Crippen molar-refractivity contribution in [2.75, 3.05) is 0 Å². The summed E-state index contributed by atoms with van der Waals surface area (Å²) in [6, 6.07) is 0. The van der Waals surface area contributed by atoms with Crippen LogP contribution in [0, 0.1) is 11.8 Å². The van der Waals surface area contributed by atoms with Crippen molar-refractivity contribution in [3.8, 4) is 0 Å². The molecule has 2 aliphatic carbocycles. The van der Waals surface area contributed by atoms with Gasteiger partial charge in [-0.3, -0.25) is 0 Å². The van der Waals surface area contributed by atoms with E-state index in [2.05, 4.69) is 91.1 Å². The van der Waals surface area contributed by atoms with Gasteiger partial charge in [0.2, 0.25) is 0 Å². The van der Waals surface area contributed by atoms with Crippen LogP contribution in [0.15, 0.2) is 47.6 Å². The molecular weight excluding hydrogens is 360 g/mol. The molecule has 121 valence electrons. The molecule has 0 fully saturated rings. The molecule has 2 unspecified atom stereocenters. The molecule has 0 saturated heterocycles. The average molecular weight is 393 g/mol. The third kappa shape index (κ3) is 3.44. The van der Waals surface area contributed by atoms with Crippen molar-refractivity contribution in [1.29, 1.82) is 0 Å². The Labute approximate surface area is 146 Å². The van der Waals surface area contributed by atoms with Crippen LogP contribution in [0.2, 0.25) is 19.3 Å². The van der Waals surface area contributed by atoms with Crippen molar-refractivity contribution in [2.45, 2.75) is 60.9 Å². The van der Waals surface area contributed by atoms with E-state index in [1.807, 2.05) is 0 Å². The maximum atomic E-state index is 2.65. The van der Waals surface area contributed by atoms with Gasteiger partial charge in [-0.2, -0.15) is 0 Å². The second kappa shape index (κ2) is 6.52. The summed E-state index contributed by atoms with van der Waals surface area (Å²) in [6.07, 6.45) is 15.3. The van der Waals surface area contributed by atoms with Gasteiger partial charge in [0.1, 0.15) is 0 Å². The molecule has 0 nitrogen and oxygen atoms in total. The van der Waals surface area contributed by atoms with Crippen molar-refractivity contribution in [3.05, 3.63) is 47.6 Å². The van der Waals surface area contributed by atoms with E-state index in [1.54, 1.807) is 11.1 Å². The van der Waals surface area contributed by atoms with Crippen molar-refractivity contribution in [3.63, 3.8) is 0 Å². The van der Waals surface area contributed by atoms with Crippen LogP contribution in [0.1, 0.15) is 41.5 Å². The van der Waals surface area contributed by atoms with Crippen LogP contribution in [-0.2, 0) is 20.9 Å². The van der Waals surface area contributed by atoms with E-state index < -0.39 is 26.8 Å². The van der Waals surface area contributed by atoms with Crippen LogP contribution >= 0.6 is 0 Å². The first kappa shape index (κ1) is 18.4. The number of hydrogen-bond donors (Lipinski definition) is 0. The molecule has 0 saturated carbocycles. The SMILES string of the molecule is CC(C)C1=C[C](C)([Zr]([SiH](C)C)[C]2(C)C=CC(C(C)C)=C2)C=C1. The topological polar surface area (TPSA) is 0 Å². The van der Waals surface area contributed by atoms with Crippen LogP contribution in [0.4, 0.5) is 0 Å². The Hall–Kier alpha value is 0.0600. The molecule has 2 rings (SSSR count). The summed E-state index contributed by atoms with van der Waals surface area (Å²) in [7, 11) is 0. The Bertz CT molecular complexity index is 504. The van der Waals surface area contributed by atoms with E-state index in [9.17, 15) is 0 Å². The molecule has 0 bridgehead atoms. The number of rotatable bonds is 5. The average Bonchev–Trinajstić information content (AvgIpc) is 2.94. The zero-order chi connectivity index (χ0) is 16.7. The molecule has 2 atom stereocenters. The Morgan fingerprint density at radius 2 is 1.18 bits per heavy atom. The van der Waals surface area contributed by atoms with Crippen molar-refractivity contribution < 1.29 is 20.9 Å². The molecule has 2 aliphatic rings. The van der Waals surface area contributed by atoms with Gasteiger partial charge >= 0.3 is 147 Å². The van der Waals surface area contributed by atoms with Crippen LogP contribution in [0.25, 0.3) is 0 Å². The Morgan fingerprint density at radius 3 is 1.41 bits per heavy atom. The fourth-order valence-corrected chi connectivity index (χ4v) is 33.0. The number of hydrogen-bond acceptors (Lipinski definition) is 0. The van der Waals surface area contributed by atoms with Crippen LogP contribution in [-0.4, -0.2) is 5.92 Å². The van der Waals surface area contributed by atoms with E-state index in [0.717, 1.165) is 0 Å². The Kier molecular flexibility index (Phi) is 5.45. The maximum absolute atomic E-state index is 2.65. The van der Waals surface area contributed by atoms with Gasteiger partial charge in [0.25, 0.3) is 0 Å². The summed E-state index contributed by atoms with van der Waals surface area (Å²) < 4.78 is 0.814. The van der Waals surface area contributed by atoms with Gasteiger partial charge in [0, 0.05) is 0 Å². The third-order valence-corrected chi connectivity index (χ3v) is 29.5. The molecule has 0 aromatic heterocycles. The van der Waals surface area contributed by atoms with E-state index in [1.165, 1.54) is 0 Å². The minimum atomic E-state index is -1.70.